The number of ketones is 1. The Morgan fingerprint density at radius 1 is 1.38 bits per heavy atom. The quantitative estimate of drug-likeness (QED) is 0.308. The fraction of sp³-hybridized carbons (Fsp3) is 0.357. The van der Waals surface area contributed by atoms with Crippen molar-refractivity contribution in [3.63, 3.8) is 0 Å². The topological polar surface area (TPSA) is 17.1 Å². The van der Waals surface area contributed by atoms with Gasteiger partial charge in [0.15, 0.2) is 5.78 Å². The third-order valence-electron chi connectivity index (χ3n) is 2.55. The van der Waals surface area contributed by atoms with Crippen LogP contribution in [0.1, 0.15) is 32.6 Å². The van der Waals surface area contributed by atoms with Crippen LogP contribution in [0.3, 0.4) is 0 Å². The van der Waals surface area contributed by atoms with E-state index >= 15 is 0 Å². The molecule has 0 spiro atoms. The second-order valence-corrected chi connectivity index (χ2v) is 4.60. The van der Waals surface area contributed by atoms with Gasteiger partial charge in [0.25, 0.3) is 0 Å². The second kappa shape index (κ2) is 6.46. The van der Waals surface area contributed by atoms with E-state index in [2.05, 4.69) is 15.2 Å². The van der Waals surface area contributed by atoms with E-state index in [4.69, 9.17) is 6.42 Å². The Morgan fingerprint density at radius 2 is 2.06 bits per heavy atom. The predicted octanol–water partition coefficient (Wildman–Crippen LogP) is 3.39. The molecule has 0 aliphatic heterocycles. The van der Waals surface area contributed by atoms with Crippen molar-refractivity contribution in [3.05, 3.63) is 34.7 Å². The minimum absolute atomic E-state index is 0.297. The number of allylic oxidation sites excluding steroid dienone is 6. The zero-order valence-corrected chi connectivity index (χ0v) is 10.8. The molecule has 0 amide bonds. The van der Waals surface area contributed by atoms with E-state index in [1.807, 2.05) is 25.2 Å². The number of hydrogen-bond donors (Lipinski definition) is 0. The monoisotopic (exact) mass is 232 g/mol. The molecular weight excluding hydrogens is 215 g/mol. The average molecular weight is 232 g/mol. The Balaban J connectivity index is 2.75. The van der Waals surface area contributed by atoms with Crippen molar-refractivity contribution in [3.8, 4) is 12.3 Å². The lowest BCUT2D eigenvalue weighted by atomic mass is 9.92. The molecule has 2 heteroatoms. The molecule has 0 heterocycles. The summed E-state index contributed by atoms with van der Waals surface area (Å²) in [6.45, 7) is 1.99. The molecule has 0 saturated heterocycles. The van der Waals surface area contributed by atoms with Crippen LogP contribution in [0.25, 0.3) is 0 Å². The number of carbonyl (C=O) groups is 1. The number of rotatable bonds is 2. The predicted molar refractivity (Wildman–Crippen MR) is 71.9 cm³/mol. The van der Waals surface area contributed by atoms with E-state index in [9.17, 15) is 4.79 Å². The van der Waals surface area contributed by atoms with Gasteiger partial charge in [-0.25, -0.2) is 0 Å². The van der Waals surface area contributed by atoms with Crippen molar-refractivity contribution in [2.45, 2.75) is 32.6 Å². The molecule has 1 aliphatic carbocycles. The number of carbonyl (C=O) groups excluding carboxylic acids is 1. The van der Waals surface area contributed by atoms with Crippen LogP contribution in [-0.2, 0) is 4.79 Å². The van der Waals surface area contributed by atoms with Gasteiger partial charge in [-0.1, -0.05) is 32.9 Å². The van der Waals surface area contributed by atoms with E-state index in [1.54, 1.807) is 0 Å². The van der Waals surface area contributed by atoms with E-state index in [0.29, 0.717) is 12.2 Å². The van der Waals surface area contributed by atoms with Crippen molar-refractivity contribution in [2.75, 3.05) is 0 Å². The SMILES string of the molecule is C#C\C(P)=C/C=C(C)/C=C1\CCCCC1=O. The van der Waals surface area contributed by atoms with Gasteiger partial charge < -0.3 is 0 Å². The van der Waals surface area contributed by atoms with Crippen molar-refractivity contribution < 1.29 is 4.79 Å². The lowest BCUT2D eigenvalue weighted by molar-refractivity contribution is -0.116. The average Bonchev–Trinajstić information content (AvgIpc) is 2.29. The van der Waals surface area contributed by atoms with Crippen LogP contribution in [0.4, 0.5) is 0 Å². The van der Waals surface area contributed by atoms with Gasteiger partial charge in [-0.05, 0) is 37.8 Å². The van der Waals surface area contributed by atoms with Gasteiger partial charge in [0, 0.05) is 11.7 Å². The Morgan fingerprint density at radius 3 is 2.69 bits per heavy atom. The summed E-state index contributed by atoms with van der Waals surface area (Å²) in [6.07, 6.45) is 14.8. The molecule has 16 heavy (non-hydrogen) atoms. The van der Waals surface area contributed by atoms with E-state index in [0.717, 1.165) is 35.7 Å². The van der Waals surface area contributed by atoms with Crippen molar-refractivity contribution in [1.29, 1.82) is 0 Å². The maximum absolute atomic E-state index is 11.6. The van der Waals surface area contributed by atoms with Crippen LogP contribution in [-0.4, -0.2) is 5.78 Å². The maximum atomic E-state index is 11.6. The summed E-state index contributed by atoms with van der Waals surface area (Å²) in [6, 6.07) is 0. The molecule has 0 radical (unpaired) electrons. The van der Waals surface area contributed by atoms with Gasteiger partial charge in [-0.2, -0.15) is 0 Å². The third kappa shape index (κ3) is 4.17. The summed E-state index contributed by atoms with van der Waals surface area (Å²) in [4.78, 5) is 11.6. The van der Waals surface area contributed by atoms with Crippen LogP contribution < -0.4 is 0 Å². The molecule has 0 N–H and O–H groups in total. The lowest BCUT2D eigenvalue weighted by Crippen LogP contribution is -2.08. The molecule has 1 fully saturated rings. The molecule has 1 saturated carbocycles. The fourth-order valence-corrected chi connectivity index (χ4v) is 1.74. The van der Waals surface area contributed by atoms with E-state index in [1.165, 1.54) is 0 Å². The summed E-state index contributed by atoms with van der Waals surface area (Å²) >= 11 is 0. The fourth-order valence-electron chi connectivity index (χ4n) is 1.65. The highest BCUT2D eigenvalue weighted by Gasteiger charge is 2.13. The summed E-state index contributed by atoms with van der Waals surface area (Å²) in [5, 5.41) is 0.813. The molecule has 0 bridgehead atoms. The Bertz CT molecular complexity index is 405. The molecule has 0 aromatic rings. The summed E-state index contributed by atoms with van der Waals surface area (Å²) in [5.41, 5.74) is 2.03. The Labute approximate surface area is 99.9 Å². The smallest absolute Gasteiger partial charge is 0.158 e. The molecule has 1 aliphatic rings. The standard InChI is InChI=1S/C14H17OP/c1-3-13(16)9-8-11(2)10-12-6-4-5-7-14(12)15/h1,8-10H,4-7,16H2,2H3/b11-8+,12-10+,13-9+. The molecule has 1 nitrogen and oxygen atoms in total. The van der Waals surface area contributed by atoms with Gasteiger partial charge in [-0.3, -0.25) is 4.79 Å². The molecule has 1 rings (SSSR count). The molecule has 0 aromatic heterocycles. The zero-order valence-electron chi connectivity index (χ0n) is 9.62. The Hall–Kier alpha value is -1.12. The summed E-state index contributed by atoms with van der Waals surface area (Å²) in [5.74, 6) is 2.82. The molecule has 1 unspecified atom stereocenters. The minimum Gasteiger partial charge on any atom is -0.295 e. The number of terminal acetylenes is 1. The van der Waals surface area contributed by atoms with Gasteiger partial charge in [0.1, 0.15) is 0 Å². The highest BCUT2D eigenvalue weighted by Crippen LogP contribution is 2.21. The van der Waals surface area contributed by atoms with Crippen LogP contribution in [0, 0.1) is 12.3 Å². The first-order chi connectivity index (χ1) is 7.63. The highest BCUT2D eigenvalue weighted by molar-refractivity contribution is 7.23. The second-order valence-electron chi connectivity index (χ2n) is 3.98. The van der Waals surface area contributed by atoms with Crippen molar-refractivity contribution >= 4 is 15.0 Å². The zero-order chi connectivity index (χ0) is 12.0. The molecule has 84 valence electrons. The first-order valence-electron chi connectivity index (χ1n) is 5.48. The third-order valence-corrected chi connectivity index (χ3v) is 2.91. The van der Waals surface area contributed by atoms with Crippen LogP contribution in [0.15, 0.2) is 34.7 Å². The van der Waals surface area contributed by atoms with E-state index < -0.39 is 0 Å². The first-order valence-corrected chi connectivity index (χ1v) is 6.05. The van der Waals surface area contributed by atoms with Gasteiger partial charge in [-0.15, -0.1) is 6.42 Å². The lowest BCUT2D eigenvalue weighted by Gasteiger charge is -2.12. The maximum Gasteiger partial charge on any atom is 0.158 e. The molecule has 0 aromatic carbocycles. The van der Waals surface area contributed by atoms with Crippen LogP contribution in [0.2, 0.25) is 0 Å². The first kappa shape index (κ1) is 12.9. The molecular formula is C14H17OP. The van der Waals surface area contributed by atoms with E-state index in [-0.39, 0.29) is 0 Å². The largest absolute Gasteiger partial charge is 0.295 e. The normalized spacial score (nSPS) is 21.1. The van der Waals surface area contributed by atoms with Crippen LogP contribution >= 0.6 is 9.24 Å². The van der Waals surface area contributed by atoms with Gasteiger partial charge in [0.2, 0.25) is 0 Å². The minimum atomic E-state index is 0.297. The highest BCUT2D eigenvalue weighted by atomic mass is 31.0. The summed E-state index contributed by atoms with van der Waals surface area (Å²) in [7, 11) is 2.49. The molecule has 1 atom stereocenters. The Kier molecular flexibility index (Phi) is 5.23. The van der Waals surface area contributed by atoms with Crippen molar-refractivity contribution in [2.24, 2.45) is 0 Å². The summed E-state index contributed by atoms with van der Waals surface area (Å²) < 4.78 is 0. The van der Waals surface area contributed by atoms with Gasteiger partial charge >= 0.3 is 0 Å². The van der Waals surface area contributed by atoms with Gasteiger partial charge in [0.05, 0.1) is 0 Å². The van der Waals surface area contributed by atoms with Crippen LogP contribution in [0.5, 0.6) is 0 Å². The number of hydrogen-bond acceptors (Lipinski definition) is 1. The number of Topliss-reactive ketones (excluding diaryl/α,β-unsaturated/α-hetero) is 1. The van der Waals surface area contributed by atoms with Crippen molar-refractivity contribution in [1.82, 2.24) is 0 Å².